The van der Waals surface area contributed by atoms with Gasteiger partial charge in [0.25, 0.3) is 0 Å². The number of benzene rings is 1. The fraction of sp³-hybridized carbons (Fsp3) is 0.500. The summed E-state index contributed by atoms with van der Waals surface area (Å²) >= 11 is 0. The van der Waals surface area contributed by atoms with E-state index in [1.165, 1.54) is 25.7 Å². The Labute approximate surface area is 149 Å². The van der Waals surface area contributed by atoms with Crippen LogP contribution in [0.1, 0.15) is 51.0 Å². The van der Waals surface area contributed by atoms with Gasteiger partial charge < -0.3 is 15.6 Å². The lowest BCUT2D eigenvalue weighted by atomic mass is 10.1. The number of rotatable bonds is 10. The number of unbranched alkanes of at least 4 members (excludes halogenated alkanes) is 5. The number of fused-ring (bicyclic) bond motifs is 1. The molecule has 5 heteroatoms. The topological polar surface area (TPSA) is 74.0 Å². The van der Waals surface area contributed by atoms with Gasteiger partial charge in [0.05, 0.1) is 0 Å². The zero-order valence-electron chi connectivity index (χ0n) is 15.1. The zero-order chi connectivity index (χ0) is 17.9. The highest BCUT2D eigenvalue weighted by Crippen LogP contribution is 2.17. The van der Waals surface area contributed by atoms with Crippen LogP contribution >= 0.6 is 0 Å². The van der Waals surface area contributed by atoms with E-state index in [0.29, 0.717) is 19.5 Å². The van der Waals surface area contributed by atoms with Gasteiger partial charge in [-0.25, -0.2) is 0 Å². The fourth-order valence-corrected chi connectivity index (χ4v) is 2.92. The highest BCUT2D eigenvalue weighted by Gasteiger charge is 2.12. The molecule has 0 aliphatic rings. The van der Waals surface area contributed by atoms with Gasteiger partial charge in [0, 0.05) is 30.2 Å². The molecule has 0 saturated carbocycles. The van der Waals surface area contributed by atoms with E-state index in [1.807, 2.05) is 24.4 Å². The van der Waals surface area contributed by atoms with Crippen molar-refractivity contribution in [2.24, 2.45) is 0 Å². The van der Waals surface area contributed by atoms with Crippen molar-refractivity contribution >= 4 is 22.7 Å². The van der Waals surface area contributed by atoms with E-state index in [0.717, 1.165) is 29.3 Å². The molecule has 2 aromatic rings. The molecule has 0 aliphatic heterocycles. The summed E-state index contributed by atoms with van der Waals surface area (Å²) in [5.41, 5.74) is 2.23. The summed E-state index contributed by atoms with van der Waals surface area (Å²) in [5, 5.41) is 6.54. The van der Waals surface area contributed by atoms with Crippen LogP contribution < -0.4 is 10.6 Å². The van der Waals surface area contributed by atoms with E-state index in [-0.39, 0.29) is 0 Å². The molecule has 0 unspecified atom stereocenters. The van der Waals surface area contributed by atoms with Crippen LogP contribution in [0.2, 0.25) is 0 Å². The summed E-state index contributed by atoms with van der Waals surface area (Å²) in [4.78, 5) is 26.8. The summed E-state index contributed by atoms with van der Waals surface area (Å²) in [5.74, 6) is -1.08. The molecule has 0 fully saturated rings. The molecular weight excluding hydrogens is 314 g/mol. The number of carbonyl (C=O) groups is 2. The summed E-state index contributed by atoms with van der Waals surface area (Å²) < 4.78 is 0. The highest BCUT2D eigenvalue weighted by molar-refractivity contribution is 6.35. The van der Waals surface area contributed by atoms with Crippen molar-refractivity contribution in [2.75, 3.05) is 13.1 Å². The number of amides is 2. The molecule has 3 N–H and O–H groups in total. The monoisotopic (exact) mass is 343 g/mol. The summed E-state index contributed by atoms with van der Waals surface area (Å²) in [6, 6.07) is 8.05. The Morgan fingerprint density at radius 2 is 1.60 bits per heavy atom. The second-order valence-electron chi connectivity index (χ2n) is 6.39. The van der Waals surface area contributed by atoms with E-state index in [1.54, 1.807) is 0 Å². The molecule has 0 aliphatic carbocycles. The summed E-state index contributed by atoms with van der Waals surface area (Å²) in [6.45, 7) is 3.21. The second kappa shape index (κ2) is 10.5. The minimum absolute atomic E-state index is 0.450. The first-order valence-corrected chi connectivity index (χ1v) is 9.33. The first kappa shape index (κ1) is 19.0. The highest BCUT2D eigenvalue weighted by atomic mass is 16.2. The molecule has 1 heterocycles. The van der Waals surface area contributed by atoms with E-state index in [4.69, 9.17) is 0 Å². The van der Waals surface area contributed by atoms with Crippen molar-refractivity contribution < 1.29 is 9.59 Å². The summed E-state index contributed by atoms with van der Waals surface area (Å²) in [6.07, 6.45) is 9.62. The van der Waals surface area contributed by atoms with Crippen molar-refractivity contribution in [3.05, 3.63) is 36.0 Å². The number of aromatic amines is 1. The van der Waals surface area contributed by atoms with Gasteiger partial charge in [-0.2, -0.15) is 0 Å². The molecule has 2 rings (SSSR count). The average Bonchev–Trinajstić information content (AvgIpc) is 3.04. The first-order chi connectivity index (χ1) is 12.2. The van der Waals surface area contributed by atoms with Crippen LogP contribution in [0.15, 0.2) is 30.5 Å². The molecule has 25 heavy (non-hydrogen) atoms. The lowest BCUT2D eigenvalue weighted by Crippen LogP contribution is -2.40. The molecular formula is C20H29N3O2. The lowest BCUT2D eigenvalue weighted by Gasteiger charge is -2.06. The van der Waals surface area contributed by atoms with E-state index in [2.05, 4.69) is 28.6 Å². The lowest BCUT2D eigenvalue weighted by molar-refractivity contribution is -0.139. The first-order valence-electron chi connectivity index (χ1n) is 9.33. The van der Waals surface area contributed by atoms with E-state index in [9.17, 15) is 9.59 Å². The van der Waals surface area contributed by atoms with Crippen molar-refractivity contribution in [3.63, 3.8) is 0 Å². The van der Waals surface area contributed by atoms with Gasteiger partial charge in [-0.3, -0.25) is 9.59 Å². The number of H-pyrrole nitrogens is 1. The number of para-hydroxylation sites is 1. The molecule has 2 amide bonds. The Bertz CT molecular complexity index is 678. The van der Waals surface area contributed by atoms with Crippen LogP contribution in [-0.4, -0.2) is 29.9 Å². The molecule has 0 radical (unpaired) electrons. The van der Waals surface area contributed by atoms with Crippen molar-refractivity contribution in [3.8, 4) is 0 Å². The van der Waals surface area contributed by atoms with Gasteiger partial charge in [-0.1, -0.05) is 57.2 Å². The minimum Gasteiger partial charge on any atom is -0.361 e. The quantitative estimate of drug-likeness (QED) is 0.457. The fourth-order valence-electron chi connectivity index (χ4n) is 2.92. The molecule has 136 valence electrons. The Kier molecular flexibility index (Phi) is 8.02. The third kappa shape index (κ3) is 6.25. The van der Waals surface area contributed by atoms with Gasteiger partial charge in [-0.05, 0) is 24.5 Å². The largest absolute Gasteiger partial charge is 0.361 e. The predicted octanol–water partition coefficient (Wildman–Crippen LogP) is 3.30. The normalized spacial score (nSPS) is 10.8. The van der Waals surface area contributed by atoms with Crippen LogP contribution in [0, 0.1) is 0 Å². The van der Waals surface area contributed by atoms with Crippen molar-refractivity contribution in [1.82, 2.24) is 15.6 Å². The Morgan fingerprint density at radius 3 is 2.40 bits per heavy atom. The number of nitrogens with one attached hydrogen (secondary N) is 3. The van der Waals surface area contributed by atoms with Crippen LogP contribution in [0.25, 0.3) is 10.9 Å². The van der Waals surface area contributed by atoms with Crippen LogP contribution in [0.4, 0.5) is 0 Å². The predicted molar refractivity (Wildman–Crippen MR) is 101 cm³/mol. The van der Waals surface area contributed by atoms with E-state index >= 15 is 0 Å². The van der Waals surface area contributed by atoms with Gasteiger partial charge in [0.2, 0.25) is 0 Å². The molecule has 0 atom stereocenters. The third-order valence-electron chi connectivity index (χ3n) is 4.38. The van der Waals surface area contributed by atoms with Gasteiger partial charge in [-0.15, -0.1) is 0 Å². The smallest absolute Gasteiger partial charge is 0.309 e. The minimum atomic E-state index is -0.550. The van der Waals surface area contributed by atoms with E-state index < -0.39 is 11.8 Å². The summed E-state index contributed by atoms with van der Waals surface area (Å²) in [7, 11) is 0. The Hall–Kier alpha value is -2.30. The zero-order valence-corrected chi connectivity index (χ0v) is 15.1. The molecule has 0 spiro atoms. The molecule has 5 nitrogen and oxygen atoms in total. The van der Waals surface area contributed by atoms with Gasteiger partial charge in [0.1, 0.15) is 0 Å². The molecule has 0 bridgehead atoms. The number of carbonyl (C=O) groups excluding carboxylic acids is 2. The average molecular weight is 343 g/mol. The maximum atomic E-state index is 11.8. The van der Waals surface area contributed by atoms with Crippen molar-refractivity contribution in [1.29, 1.82) is 0 Å². The number of aromatic nitrogens is 1. The van der Waals surface area contributed by atoms with Crippen LogP contribution in [-0.2, 0) is 16.0 Å². The molecule has 1 aromatic heterocycles. The number of hydrogen-bond acceptors (Lipinski definition) is 2. The maximum Gasteiger partial charge on any atom is 0.309 e. The van der Waals surface area contributed by atoms with Crippen LogP contribution in [0.5, 0.6) is 0 Å². The third-order valence-corrected chi connectivity index (χ3v) is 4.38. The second-order valence-corrected chi connectivity index (χ2v) is 6.39. The van der Waals surface area contributed by atoms with Gasteiger partial charge in [0.15, 0.2) is 0 Å². The van der Waals surface area contributed by atoms with Crippen molar-refractivity contribution in [2.45, 2.75) is 51.9 Å². The van der Waals surface area contributed by atoms with Gasteiger partial charge >= 0.3 is 11.8 Å². The molecule has 1 aromatic carbocycles. The SMILES string of the molecule is CCCCCCCCNC(=O)C(=O)NCCc1c[nH]c2ccccc12. The number of hydrogen-bond donors (Lipinski definition) is 3. The molecule has 0 saturated heterocycles. The standard InChI is InChI=1S/C20H29N3O2/c1-2-3-4-5-6-9-13-21-19(24)20(25)22-14-12-16-15-23-18-11-8-7-10-17(16)18/h7-8,10-11,15,23H,2-6,9,12-14H2,1H3,(H,21,24)(H,22,25). The Morgan fingerprint density at radius 1 is 0.920 bits per heavy atom. The maximum absolute atomic E-state index is 11.8. The van der Waals surface area contributed by atoms with Crippen LogP contribution in [0.3, 0.4) is 0 Å². The Balaban J connectivity index is 1.60.